The third-order valence-corrected chi connectivity index (χ3v) is 6.87. The summed E-state index contributed by atoms with van der Waals surface area (Å²) in [5.41, 5.74) is 2.76. The highest BCUT2D eigenvalue weighted by Crippen LogP contribution is 2.39. The summed E-state index contributed by atoms with van der Waals surface area (Å²) < 4.78 is 24.7. The van der Waals surface area contributed by atoms with Gasteiger partial charge < -0.3 is 0 Å². The van der Waals surface area contributed by atoms with Crippen LogP contribution in [0, 0.1) is 24.0 Å². The van der Waals surface area contributed by atoms with Crippen LogP contribution in [-0.4, -0.2) is 43.0 Å². The Labute approximate surface area is 162 Å². The van der Waals surface area contributed by atoms with Crippen molar-refractivity contribution in [3.05, 3.63) is 63.7 Å². The Hall–Kier alpha value is -2.94. The van der Waals surface area contributed by atoms with E-state index >= 15 is 0 Å². The van der Waals surface area contributed by atoms with Gasteiger partial charge in [0.05, 0.1) is 34.2 Å². The summed E-state index contributed by atoms with van der Waals surface area (Å²) in [6.07, 6.45) is 0. The van der Waals surface area contributed by atoms with Crippen molar-refractivity contribution < 1.29 is 18.1 Å². The predicted octanol–water partition coefficient (Wildman–Crippen LogP) is 2.82. The number of nitrogens with zero attached hydrogens (tertiary/aromatic N) is 3. The molecule has 0 radical (unpaired) electrons. The molecule has 0 N–H and O–H groups in total. The van der Waals surface area contributed by atoms with Crippen molar-refractivity contribution in [1.82, 2.24) is 0 Å². The molecule has 2 aliphatic rings. The van der Waals surface area contributed by atoms with E-state index in [1.54, 1.807) is 6.07 Å². The van der Waals surface area contributed by atoms with Crippen LogP contribution < -0.4 is 9.80 Å². The predicted molar refractivity (Wildman–Crippen MR) is 106 cm³/mol. The van der Waals surface area contributed by atoms with E-state index in [-0.39, 0.29) is 23.2 Å². The monoisotopic (exact) mass is 401 g/mol. The van der Waals surface area contributed by atoms with Gasteiger partial charge >= 0.3 is 6.03 Å². The molecular formula is C19H19N3O5S. The standard InChI is InChI=1S/C19H19N3O5S/c1-12-6-13(2)8-16(7-12)21-18-11-28(26,27)10-17(18)20(19(21)23)14-4-3-5-15(9-14)22(24)25/h3-9,17-18H,10-11H2,1-2H3/t17-,18+/m0/s1. The number of aryl methyl sites for hydroxylation is 2. The van der Waals surface area contributed by atoms with Gasteiger partial charge in [0.2, 0.25) is 0 Å². The van der Waals surface area contributed by atoms with E-state index in [1.807, 2.05) is 32.0 Å². The van der Waals surface area contributed by atoms with E-state index in [2.05, 4.69) is 0 Å². The average Bonchev–Trinajstić information content (AvgIpc) is 3.02. The lowest BCUT2D eigenvalue weighted by molar-refractivity contribution is -0.384. The van der Waals surface area contributed by atoms with Crippen molar-refractivity contribution in [2.45, 2.75) is 25.9 Å². The van der Waals surface area contributed by atoms with Gasteiger partial charge in [-0.3, -0.25) is 19.9 Å². The van der Waals surface area contributed by atoms with Crippen LogP contribution in [0.25, 0.3) is 0 Å². The zero-order valence-electron chi connectivity index (χ0n) is 15.4. The summed E-state index contributed by atoms with van der Waals surface area (Å²) >= 11 is 0. The van der Waals surface area contributed by atoms with Gasteiger partial charge in [-0.25, -0.2) is 13.2 Å². The maximum absolute atomic E-state index is 13.3. The topological polar surface area (TPSA) is 101 Å². The van der Waals surface area contributed by atoms with E-state index in [4.69, 9.17) is 0 Å². The number of hydrogen-bond acceptors (Lipinski definition) is 5. The van der Waals surface area contributed by atoms with Gasteiger partial charge in [-0.2, -0.15) is 0 Å². The van der Waals surface area contributed by atoms with Gasteiger partial charge in [-0.15, -0.1) is 0 Å². The minimum atomic E-state index is -3.33. The van der Waals surface area contributed by atoms with Crippen LogP contribution >= 0.6 is 0 Å². The van der Waals surface area contributed by atoms with Crippen molar-refractivity contribution in [2.75, 3.05) is 21.3 Å². The van der Waals surface area contributed by atoms with Crippen molar-refractivity contribution in [2.24, 2.45) is 0 Å². The molecule has 0 aromatic heterocycles. The average molecular weight is 401 g/mol. The first-order chi connectivity index (χ1) is 13.2. The van der Waals surface area contributed by atoms with Crippen LogP contribution in [0.3, 0.4) is 0 Å². The Morgan fingerprint density at radius 2 is 1.54 bits per heavy atom. The Morgan fingerprint density at radius 3 is 2.11 bits per heavy atom. The molecule has 2 aliphatic heterocycles. The molecule has 9 heteroatoms. The molecule has 2 saturated heterocycles. The van der Waals surface area contributed by atoms with Crippen LogP contribution in [0.15, 0.2) is 42.5 Å². The van der Waals surface area contributed by atoms with E-state index in [0.29, 0.717) is 11.4 Å². The highest BCUT2D eigenvalue weighted by atomic mass is 32.2. The molecule has 0 bridgehead atoms. The number of rotatable bonds is 3. The zero-order valence-corrected chi connectivity index (χ0v) is 16.2. The number of anilines is 2. The molecule has 2 heterocycles. The van der Waals surface area contributed by atoms with E-state index < -0.39 is 26.8 Å². The van der Waals surface area contributed by atoms with Gasteiger partial charge in [0, 0.05) is 17.8 Å². The molecule has 2 aromatic carbocycles. The molecule has 0 saturated carbocycles. The van der Waals surface area contributed by atoms with Crippen molar-refractivity contribution in [1.29, 1.82) is 0 Å². The van der Waals surface area contributed by atoms with Gasteiger partial charge in [0.25, 0.3) is 5.69 Å². The number of non-ortho nitro benzene ring substituents is 1. The molecule has 0 aliphatic carbocycles. The fraction of sp³-hybridized carbons (Fsp3) is 0.316. The molecule has 4 rings (SSSR count). The van der Waals surface area contributed by atoms with Crippen LogP contribution in [0.5, 0.6) is 0 Å². The largest absolute Gasteiger partial charge is 0.329 e. The zero-order chi connectivity index (χ0) is 20.2. The quantitative estimate of drug-likeness (QED) is 0.447. The third-order valence-electron chi connectivity index (χ3n) is 5.17. The lowest BCUT2D eigenvalue weighted by Gasteiger charge is -2.23. The van der Waals surface area contributed by atoms with Crippen LogP contribution in [0.1, 0.15) is 11.1 Å². The molecular weight excluding hydrogens is 382 g/mol. The fourth-order valence-electron chi connectivity index (χ4n) is 4.15. The van der Waals surface area contributed by atoms with E-state index in [9.17, 15) is 23.3 Å². The van der Waals surface area contributed by atoms with Gasteiger partial charge in [0.15, 0.2) is 9.84 Å². The Kier molecular flexibility index (Phi) is 4.15. The van der Waals surface area contributed by atoms with Gasteiger partial charge in [0.1, 0.15) is 0 Å². The second-order valence-electron chi connectivity index (χ2n) is 7.36. The van der Waals surface area contributed by atoms with Crippen LogP contribution in [0.4, 0.5) is 21.9 Å². The highest BCUT2D eigenvalue weighted by molar-refractivity contribution is 7.91. The Bertz CT molecular complexity index is 1080. The highest BCUT2D eigenvalue weighted by Gasteiger charge is 2.54. The Balaban J connectivity index is 1.83. The SMILES string of the molecule is Cc1cc(C)cc(N2C(=O)N(c3cccc([N+](=O)[O-])c3)[C@H]3CS(=O)(=O)C[C@H]32)c1. The fourth-order valence-corrected chi connectivity index (χ4v) is 6.07. The summed E-state index contributed by atoms with van der Waals surface area (Å²) in [5.74, 6) is -0.283. The minimum Gasteiger partial charge on any atom is -0.288 e. The van der Waals surface area contributed by atoms with Gasteiger partial charge in [-0.05, 0) is 43.2 Å². The number of benzene rings is 2. The number of nitro benzene ring substituents is 1. The van der Waals surface area contributed by atoms with Crippen LogP contribution in [-0.2, 0) is 9.84 Å². The van der Waals surface area contributed by atoms with Crippen LogP contribution in [0.2, 0.25) is 0 Å². The second kappa shape index (κ2) is 6.30. The van der Waals surface area contributed by atoms with Crippen molar-refractivity contribution >= 4 is 32.9 Å². The summed E-state index contributed by atoms with van der Waals surface area (Å²) in [6.45, 7) is 3.83. The molecule has 2 atom stereocenters. The number of sulfone groups is 1. The first-order valence-corrected chi connectivity index (χ1v) is 10.6. The number of carbonyl (C=O) groups excluding carboxylic acids is 1. The van der Waals surface area contributed by atoms with Gasteiger partial charge in [-0.1, -0.05) is 12.1 Å². The summed E-state index contributed by atoms with van der Waals surface area (Å²) in [5, 5.41) is 11.1. The molecule has 146 valence electrons. The number of fused-ring (bicyclic) bond motifs is 1. The molecule has 8 nitrogen and oxygen atoms in total. The first kappa shape index (κ1) is 18.4. The maximum atomic E-state index is 13.3. The smallest absolute Gasteiger partial charge is 0.288 e. The molecule has 28 heavy (non-hydrogen) atoms. The number of nitro groups is 1. The molecule has 2 amide bonds. The number of hydrogen-bond donors (Lipinski definition) is 0. The number of carbonyl (C=O) groups is 1. The molecule has 2 aromatic rings. The van der Waals surface area contributed by atoms with Crippen molar-refractivity contribution in [3.63, 3.8) is 0 Å². The number of urea groups is 1. The third kappa shape index (κ3) is 3.01. The molecule has 2 fully saturated rings. The first-order valence-electron chi connectivity index (χ1n) is 8.82. The van der Waals surface area contributed by atoms with E-state index in [0.717, 1.165) is 11.1 Å². The lowest BCUT2D eigenvalue weighted by atomic mass is 10.1. The second-order valence-corrected chi connectivity index (χ2v) is 9.51. The number of amides is 2. The normalized spacial score (nSPS) is 23.1. The Morgan fingerprint density at radius 1 is 0.964 bits per heavy atom. The summed E-state index contributed by atoms with van der Waals surface area (Å²) in [6, 6.07) is 9.95. The summed E-state index contributed by atoms with van der Waals surface area (Å²) in [7, 11) is -3.33. The van der Waals surface area contributed by atoms with E-state index in [1.165, 1.54) is 28.0 Å². The molecule has 0 spiro atoms. The molecule has 0 unspecified atom stereocenters. The minimum absolute atomic E-state index is 0.123. The maximum Gasteiger partial charge on any atom is 0.329 e. The van der Waals surface area contributed by atoms with Crippen molar-refractivity contribution in [3.8, 4) is 0 Å². The summed E-state index contributed by atoms with van der Waals surface area (Å²) in [4.78, 5) is 26.8. The lowest BCUT2D eigenvalue weighted by Crippen LogP contribution is -2.38.